The van der Waals surface area contributed by atoms with Crippen LogP contribution in [-0.2, 0) is 11.0 Å². The zero-order valence-corrected chi connectivity index (χ0v) is 19.1. The number of thiol groups is 1. The maximum atomic E-state index is 14.8. The van der Waals surface area contributed by atoms with Crippen molar-refractivity contribution < 1.29 is 32.2 Å². The Hall–Kier alpha value is -2.97. The molecule has 1 aliphatic carbocycles. The Morgan fingerprint density at radius 2 is 1.85 bits per heavy atom. The molecule has 1 aliphatic heterocycles. The van der Waals surface area contributed by atoms with Gasteiger partial charge >= 0.3 is 6.18 Å². The first-order chi connectivity index (χ1) is 15.8. The lowest BCUT2D eigenvalue weighted by molar-refractivity contribution is -0.137. The highest BCUT2D eigenvalue weighted by atomic mass is 32.1. The zero-order chi connectivity index (χ0) is 25.1. The highest BCUT2D eigenvalue weighted by Gasteiger charge is 2.52. The molecule has 0 aromatic heterocycles. The second-order valence-electron chi connectivity index (χ2n) is 8.92. The number of carbonyl (C=O) groups is 1. The Morgan fingerprint density at radius 3 is 2.41 bits per heavy atom. The molecule has 0 spiro atoms. The molecule has 1 heterocycles. The summed E-state index contributed by atoms with van der Waals surface area (Å²) >= 11 is 4.48. The number of hydrogen-bond donors (Lipinski definition) is 2. The van der Waals surface area contributed by atoms with E-state index >= 15 is 0 Å². The fourth-order valence-corrected chi connectivity index (χ4v) is 4.55. The lowest BCUT2D eigenvalue weighted by Crippen LogP contribution is -2.45. The third-order valence-corrected chi connectivity index (χ3v) is 6.49. The molecule has 1 N–H and O–H groups in total. The maximum absolute atomic E-state index is 14.8. The van der Waals surface area contributed by atoms with E-state index in [9.17, 15) is 27.5 Å². The van der Waals surface area contributed by atoms with Crippen molar-refractivity contribution in [1.82, 2.24) is 0 Å². The van der Waals surface area contributed by atoms with Crippen LogP contribution >= 0.6 is 12.6 Å². The average Bonchev–Trinajstić information content (AvgIpc) is 3.45. The van der Waals surface area contributed by atoms with Gasteiger partial charge < -0.3 is 14.7 Å². The molecule has 2 fully saturated rings. The van der Waals surface area contributed by atoms with Crippen molar-refractivity contribution in [1.29, 1.82) is 5.26 Å². The normalized spacial score (nSPS) is 20.9. The van der Waals surface area contributed by atoms with Crippen LogP contribution in [0.15, 0.2) is 36.4 Å². The Kier molecular flexibility index (Phi) is 5.73. The van der Waals surface area contributed by atoms with E-state index in [-0.39, 0.29) is 23.7 Å². The standard InChI is InChI=1S/C23H21F4N3O3S/c1-21(2)19(31)29(14-4-3-13(11-28)16(9-14)23(25,26)27)20(34)30(21)15-5-6-18(17(24)10-15)33-12-22(32)7-8-22/h3-6,9-10,20,32,34H,7-8,12H2,1-2H3. The maximum Gasteiger partial charge on any atom is 0.417 e. The van der Waals surface area contributed by atoms with Crippen molar-refractivity contribution in [3.63, 3.8) is 0 Å². The molecule has 1 unspecified atom stereocenters. The molecular weight excluding hydrogens is 474 g/mol. The van der Waals surface area contributed by atoms with Gasteiger partial charge in [0.15, 0.2) is 17.1 Å². The summed E-state index contributed by atoms with van der Waals surface area (Å²) in [6, 6.07) is 8.51. The Bertz CT molecular complexity index is 1190. The van der Waals surface area contributed by atoms with Crippen LogP contribution in [-0.4, -0.2) is 34.3 Å². The molecule has 1 amide bonds. The molecule has 4 rings (SSSR count). The van der Waals surface area contributed by atoms with Crippen LogP contribution in [0, 0.1) is 17.1 Å². The summed E-state index contributed by atoms with van der Waals surface area (Å²) in [5.41, 5.74) is -4.83. The van der Waals surface area contributed by atoms with Gasteiger partial charge in [0.05, 0.1) is 22.8 Å². The SMILES string of the molecule is CC1(C)C(=O)N(c2ccc(C#N)c(C(F)(F)F)c2)C(S)N1c1ccc(OCC2(O)CC2)c(F)c1. The van der Waals surface area contributed by atoms with E-state index in [2.05, 4.69) is 12.6 Å². The molecule has 0 bridgehead atoms. The first-order valence-corrected chi connectivity index (χ1v) is 10.9. The summed E-state index contributed by atoms with van der Waals surface area (Å²) in [4.78, 5) is 15.8. The van der Waals surface area contributed by atoms with Gasteiger partial charge in [0.25, 0.3) is 5.91 Å². The van der Waals surface area contributed by atoms with Crippen molar-refractivity contribution in [2.75, 3.05) is 16.4 Å². The van der Waals surface area contributed by atoms with E-state index in [0.717, 1.165) is 23.1 Å². The van der Waals surface area contributed by atoms with E-state index < -0.39 is 45.7 Å². The van der Waals surface area contributed by atoms with Gasteiger partial charge in [-0.3, -0.25) is 9.69 Å². The highest BCUT2D eigenvalue weighted by Crippen LogP contribution is 2.43. The molecule has 1 atom stereocenters. The monoisotopic (exact) mass is 495 g/mol. The molecule has 34 heavy (non-hydrogen) atoms. The Morgan fingerprint density at radius 1 is 1.21 bits per heavy atom. The van der Waals surface area contributed by atoms with E-state index in [1.807, 2.05) is 0 Å². The largest absolute Gasteiger partial charge is 0.488 e. The minimum absolute atomic E-state index is 0.0415. The summed E-state index contributed by atoms with van der Waals surface area (Å²) in [5, 5.41) is 18.9. The average molecular weight is 495 g/mol. The molecule has 180 valence electrons. The van der Waals surface area contributed by atoms with E-state index in [1.54, 1.807) is 13.8 Å². The minimum atomic E-state index is -4.79. The number of hydrogen-bond acceptors (Lipinski definition) is 6. The second kappa shape index (κ2) is 8.06. The number of benzene rings is 2. The molecule has 2 aliphatic rings. The summed E-state index contributed by atoms with van der Waals surface area (Å²) in [6.07, 6.45) is -3.63. The third-order valence-electron chi connectivity index (χ3n) is 6.03. The zero-order valence-electron chi connectivity index (χ0n) is 18.2. The number of nitrogens with zero attached hydrogens (tertiary/aromatic N) is 3. The number of amides is 1. The molecule has 1 saturated heterocycles. The summed E-state index contributed by atoms with van der Waals surface area (Å²) < 4.78 is 60.5. The number of nitriles is 1. The molecule has 2 aromatic rings. The van der Waals surface area contributed by atoms with Gasteiger partial charge in [0, 0.05) is 17.4 Å². The van der Waals surface area contributed by atoms with Gasteiger partial charge in [-0.25, -0.2) is 4.39 Å². The van der Waals surface area contributed by atoms with Crippen LogP contribution in [0.2, 0.25) is 0 Å². The first kappa shape index (κ1) is 24.2. The number of rotatable bonds is 5. The molecule has 1 saturated carbocycles. The summed E-state index contributed by atoms with van der Waals surface area (Å²) in [6.45, 7) is 3.07. The number of anilines is 2. The molecule has 11 heteroatoms. The van der Waals surface area contributed by atoms with E-state index in [0.29, 0.717) is 12.8 Å². The summed E-state index contributed by atoms with van der Waals surface area (Å²) in [5.74, 6) is -1.34. The van der Waals surface area contributed by atoms with Crippen molar-refractivity contribution in [3.05, 3.63) is 53.3 Å². The molecular formula is C23H21F4N3O3S. The first-order valence-electron chi connectivity index (χ1n) is 10.4. The van der Waals surface area contributed by atoms with Crippen molar-refractivity contribution >= 4 is 29.9 Å². The Labute approximate surface area is 198 Å². The van der Waals surface area contributed by atoms with Crippen LogP contribution < -0.4 is 14.5 Å². The van der Waals surface area contributed by atoms with Crippen molar-refractivity contribution in [2.45, 2.75) is 49.5 Å². The highest BCUT2D eigenvalue weighted by molar-refractivity contribution is 7.81. The quantitative estimate of drug-likeness (QED) is 0.473. The van der Waals surface area contributed by atoms with Gasteiger partial charge in [-0.1, -0.05) is 0 Å². The fourth-order valence-electron chi connectivity index (χ4n) is 3.88. The van der Waals surface area contributed by atoms with Gasteiger partial charge in [0.2, 0.25) is 0 Å². The lowest BCUT2D eigenvalue weighted by atomic mass is 10.0. The van der Waals surface area contributed by atoms with Gasteiger partial charge in [-0.2, -0.15) is 18.4 Å². The van der Waals surface area contributed by atoms with Crippen molar-refractivity contribution in [3.8, 4) is 11.8 Å². The predicted octanol–water partition coefficient (Wildman–Crippen LogP) is 4.47. The lowest BCUT2D eigenvalue weighted by Gasteiger charge is -2.33. The van der Waals surface area contributed by atoms with Crippen LogP contribution in [0.4, 0.5) is 28.9 Å². The number of halogens is 4. The van der Waals surface area contributed by atoms with Crippen LogP contribution in [0.25, 0.3) is 0 Å². The third kappa shape index (κ3) is 4.16. The van der Waals surface area contributed by atoms with Crippen LogP contribution in [0.5, 0.6) is 5.75 Å². The summed E-state index contributed by atoms with van der Waals surface area (Å²) in [7, 11) is 0. The predicted molar refractivity (Wildman–Crippen MR) is 119 cm³/mol. The van der Waals surface area contributed by atoms with Gasteiger partial charge in [-0.15, -0.1) is 12.6 Å². The molecule has 6 nitrogen and oxygen atoms in total. The molecule has 0 radical (unpaired) electrons. The number of ether oxygens (including phenoxy) is 1. The minimum Gasteiger partial charge on any atom is -0.488 e. The van der Waals surface area contributed by atoms with Gasteiger partial charge in [0.1, 0.15) is 12.1 Å². The fraction of sp³-hybridized carbons (Fsp3) is 0.391. The Balaban J connectivity index is 1.67. The van der Waals surface area contributed by atoms with Crippen LogP contribution in [0.1, 0.15) is 37.8 Å². The van der Waals surface area contributed by atoms with Crippen LogP contribution in [0.3, 0.4) is 0 Å². The van der Waals surface area contributed by atoms with E-state index in [4.69, 9.17) is 10.00 Å². The van der Waals surface area contributed by atoms with Crippen molar-refractivity contribution in [2.24, 2.45) is 0 Å². The number of aliphatic hydroxyl groups is 1. The molecule has 2 aromatic carbocycles. The smallest absolute Gasteiger partial charge is 0.417 e. The second-order valence-corrected chi connectivity index (χ2v) is 9.38. The van der Waals surface area contributed by atoms with E-state index in [1.165, 1.54) is 29.2 Å². The van der Waals surface area contributed by atoms with Gasteiger partial charge in [-0.05, 0) is 57.0 Å². The topological polar surface area (TPSA) is 76.8 Å². The number of carbonyl (C=O) groups excluding carboxylic acids is 1. The number of alkyl halides is 3.